The Bertz CT molecular complexity index is 549. The van der Waals surface area contributed by atoms with Crippen LogP contribution >= 0.6 is 12.2 Å². The van der Waals surface area contributed by atoms with Gasteiger partial charge in [0.05, 0.1) is 26.0 Å². The number of methoxy groups -OCH3 is 3. The van der Waals surface area contributed by atoms with Gasteiger partial charge >= 0.3 is 0 Å². The summed E-state index contributed by atoms with van der Waals surface area (Å²) in [5, 5.41) is 7.85. The van der Waals surface area contributed by atoms with Gasteiger partial charge in [-0.25, -0.2) is 0 Å². The molecule has 0 fully saturated rings. The van der Waals surface area contributed by atoms with E-state index in [2.05, 4.69) is 15.8 Å². The third kappa shape index (κ3) is 6.52. The van der Waals surface area contributed by atoms with Gasteiger partial charge in [0.2, 0.25) is 0 Å². The Morgan fingerprint density at radius 3 is 2.61 bits per heavy atom. The van der Waals surface area contributed by atoms with Crippen LogP contribution in [0.25, 0.3) is 0 Å². The molecule has 1 aromatic carbocycles. The number of thiocarbonyl (C=S) groups is 1. The molecule has 0 saturated heterocycles. The van der Waals surface area contributed by atoms with Gasteiger partial charge in [-0.1, -0.05) is 0 Å². The second kappa shape index (κ2) is 10.1. The first kappa shape index (κ1) is 19.3. The van der Waals surface area contributed by atoms with E-state index in [9.17, 15) is 0 Å². The van der Waals surface area contributed by atoms with E-state index in [0.29, 0.717) is 18.3 Å². The number of hydrogen-bond donors (Lipinski definition) is 2. The molecule has 0 aliphatic heterocycles. The number of rotatable bonds is 8. The normalized spacial score (nSPS) is 12.7. The molecule has 0 aliphatic carbocycles. The molecule has 0 heterocycles. The van der Waals surface area contributed by atoms with E-state index in [1.54, 1.807) is 21.3 Å². The summed E-state index contributed by atoms with van der Waals surface area (Å²) in [5.41, 5.74) is 5.59. The standard InChI is InChI=1S/C16H25N3O3S/c1-11(9-20-3)17-16(23)19-18-12(2)13-6-7-15(22-5)14(8-13)10-21-4/h6-8,11H,9-10H2,1-5H3,(H2,17,19,23)/b18-12-/t11-/m0/s1. The minimum atomic E-state index is 0.116. The van der Waals surface area contributed by atoms with Crippen molar-refractivity contribution >= 4 is 23.0 Å². The van der Waals surface area contributed by atoms with E-state index in [1.165, 1.54) is 0 Å². The number of hydrogen-bond acceptors (Lipinski definition) is 5. The quantitative estimate of drug-likeness (QED) is 0.429. The maximum atomic E-state index is 5.32. The third-order valence-corrected chi connectivity index (χ3v) is 3.33. The van der Waals surface area contributed by atoms with Crippen molar-refractivity contribution in [1.82, 2.24) is 10.7 Å². The fourth-order valence-electron chi connectivity index (χ4n) is 2.02. The maximum Gasteiger partial charge on any atom is 0.187 e. The summed E-state index contributed by atoms with van der Waals surface area (Å²) in [4.78, 5) is 0. The van der Waals surface area contributed by atoms with E-state index < -0.39 is 0 Å². The molecule has 0 amide bonds. The van der Waals surface area contributed by atoms with Crippen LogP contribution in [0.5, 0.6) is 5.75 Å². The molecule has 0 unspecified atom stereocenters. The highest BCUT2D eigenvalue weighted by Gasteiger charge is 2.07. The molecular formula is C16H25N3O3S. The lowest BCUT2D eigenvalue weighted by molar-refractivity contribution is 0.179. The van der Waals surface area contributed by atoms with Crippen LogP contribution < -0.4 is 15.5 Å². The summed E-state index contributed by atoms with van der Waals surface area (Å²) in [6.45, 7) is 4.94. The van der Waals surface area contributed by atoms with E-state index >= 15 is 0 Å². The van der Waals surface area contributed by atoms with Gasteiger partial charge < -0.3 is 19.5 Å². The highest BCUT2D eigenvalue weighted by atomic mass is 32.1. The maximum absolute atomic E-state index is 5.32. The molecule has 23 heavy (non-hydrogen) atoms. The predicted octanol–water partition coefficient (Wildman–Crippen LogP) is 2.06. The minimum absolute atomic E-state index is 0.116. The highest BCUT2D eigenvalue weighted by Crippen LogP contribution is 2.21. The van der Waals surface area contributed by atoms with Crippen molar-refractivity contribution in [2.75, 3.05) is 27.9 Å². The average Bonchev–Trinajstić information content (AvgIpc) is 2.53. The van der Waals surface area contributed by atoms with Crippen LogP contribution in [0.4, 0.5) is 0 Å². The molecule has 1 rings (SSSR count). The zero-order valence-corrected chi connectivity index (χ0v) is 15.1. The molecular weight excluding hydrogens is 314 g/mol. The monoisotopic (exact) mass is 339 g/mol. The van der Waals surface area contributed by atoms with Crippen molar-refractivity contribution in [1.29, 1.82) is 0 Å². The fourth-order valence-corrected chi connectivity index (χ4v) is 2.27. The van der Waals surface area contributed by atoms with Crippen molar-refractivity contribution in [2.24, 2.45) is 5.10 Å². The number of nitrogens with one attached hydrogen (secondary N) is 2. The second-order valence-corrected chi connectivity index (χ2v) is 5.51. The van der Waals surface area contributed by atoms with Crippen molar-refractivity contribution in [3.63, 3.8) is 0 Å². The number of benzene rings is 1. The summed E-state index contributed by atoms with van der Waals surface area (Å²) in [7, 11) is 4.94. The van der Waals surface area contributed by atoms with Crippen LogP contribution in [0.3, 0.4) is 0 Å². The largest absolute Gasteiger partial charge is 0.496 e. The van der Waals surface area contributed by atoms with Gasteiger partial charge in [-0.05, 0) is 49.8 Å². The van der Waals surface area contributed by atoms with E-state index in [-0.39, 0.29) is 6.04 Å². The molecule has 1 aromatic rings. The molecule has 0 radical (unpaired) electrons. The van der Waals surface area contributed by atoms with Crippen molar-refractivity contribution < 1.29 is 14.2 Å². The number of nitrogens with zero attached hydrogens (tertiary/aromatic N) is 1. The Labute approximate surface area is 143 Å². The van der Waals surface area contributed by atoms with Crippen LogP contribution in [0.1, 0.15) is 25.0 Å². The fraction of sp³-hybridized carbons (Fsp3) is 0.500. The van der Waals surface area contributed by atoms with E-state index in [4.69, 9.17) is 26.4 Å². The van der Waals surface area contributed by atoms with Crippen LogP contribution in [-0.4, -0.2) is 44.8 Å². The topological polar surface area (TPSA) is 64.1 Å². The molecule has 7 heteroatoms. The SMILES string of the molecule is COCc1cc(/C(C)=N\NC(=S)N[C@@H](C)COC)ccc1OC. The molecule has 0 aliphatic rings. The molecule has 0 saturated carbocycles. The lowest BCUT2D eigenvalue weighted by atomic mass is 10.1. The Balaban J connectivity index is 2.74. The van der Waals surface area contributed by atoms with Crippen molar-refractivity contribution in [3.8, 4) is 5.75 Å². The highest BCUT2D eigenvalue weighted by molar-refractivity contribution is 7.80. The first-order valence-corrected chi connectivity index (χ1v) is 7.68. The van der Waals surface area contributed by atoms with Crippen LogP contribution in [0.15, 0.2) is 23.3 Å². The summed E-state index contributed by atoms with van der Waals surface area (Å²) in [6, 6.07) is 5.96. The Kier molecular flexibility index (Phi) is 8.53. The molecule has 6 nitrogen and oxygen atoms in total. The average molecular weight is 339 g/mol. The summed E-state index contributed by atoms with van der Waals surface area (Å²) in [5.74, 6) is 0.793. The predicted molar refractivity (Wildman–Crippen MR) is 96.1 cm³/mol. The Morgan fingerprint density at radius 2 is 2.00 bits per heavy atom. The second-order valence-electron chi connectivity index (χ2n) is 5.10. The smallest absolute Gasteiger partial charge is 0.187 e. The molecule has 0 spiro atoms. The molecule has 0 aromatic heterocycles. The lowest BCUT2D eigenvalue weighted by Crippen LogP contribution is -2.40. The molecule has 128 valence electrons. The lowest BCUT2D eigenvalue weighted by Gasteiger charge is -2.14. The van der Waals surface area contributed by atoms with Crippen molar-refractivity contribution in [3.05, 3.63) is 29.3 Å². The first-order chi connectivity index (χ1) is 11.0. The third-order valence-electron chi connectivity index (χ3n) is 3.12. The molecule has 0 bridgehead atoms. The van der Waals surface area contributed by atoms with Crippen LogP contribution in [-0.2, 0) is 16.1 Å². The van der Waals surface area contributed by atoms with Crippen LogP contribution in [0, 0.1) is 0 Å². The summed E-state index contributed by atoms with van der Waals surface area (Å²) >= 11 is 5.19. The van der Waals surface area contributed by atoms with Gasteiger partial charge in [0.1, 0.15) is 5.75 Å². The summed E-state index contributed by atoms with van der Waals surface area (Å²) < 4.78 is 15.6. The zero-order chi connectivity index (χ0) is 17.2. The van der Waals surface area contributed by atoms with Gasteiger partial charge in [-0.15, -0.1) is 0 Å². The van der Waals surface area contributed by atoms with E-state index in [0.717, 1.165) is 22.6 Å². The Morgan fingerprint density at radius 1 is 1.26 bits per heavy atom. The van der Waals surface area contributed by atoms with Crippen LogP contribution in [0.2, 0.25) is 0 Å². The zero-order valence-electron chi connectivity index (χ0n) is 14.3. The van der Waals surface area contributed by atoms with Gasteiger partial charge in [-0.2, -0.15) is 5.10 Å². The Hall–Kier alpha value is -1.70. The minimum Gasteiger partial charge on any atom is -0.496 e. The number of ether oxygens (including phenoxy) is 3. The van der Waals surface area contributed by atoms with E-state index in [1.807, 2.05) is 32.0 Å². The summed E-state index contributed by atoms with van der Waals surface area (Å²) in [6.07, 6.45) is 0. The van der Waals surface area contributed by atoms with Crippen molar-refractivity contribution in [2.45, 2.75) is 26.5 Å². The first-order valence-electron chi connectivity index (χ1n) is 7.27. The molecule has 1 atom stereocenters. The number of hydrazone groups is 1. The van der Waals surface area contributed by atoms with Gasteiger partial charge in [0, 0.05) is 25.8 Å². The molecule has 2 N–H and O–H groups in total. The van der Waals surface area contributed by atoms with Gasteiger partial charge in [0.25, 0.3) is 0 Å². The van der Waals surface area contributed by atoms with Gasteiger partial charge in [-0.3, -0.25) is 5.43 Å². The van der Waals surface area contributed by atoms with Gasteiger partial charge in [0.15, 0.2) is 5.11 Å².